The number of halogens is 1. The number of hydrogen-bond acceptors (Lipinski definition) is 2. The van der Waals surface area contributed by atoms with Crippen LogP contribution in [0.3, 0.4) is 0 Å². The van der Waals surface area contributed by atoms with Crippen molar-refractivity contribution < 1.29 is 4.79 Å². The second kappa shape index (κ2) is 5.38. The van der Waals surface area contributed by atoms with Gasteiger partial charge in [0, 0.05) is 29.7 Å². The first-order valence-electron chi connectivity index (χ1n) is 7.37. The topological polar surface area (TPSA) is 46.3 Å². The summed E-state index contributed by atoms with van der Waals surface area (Å²) in [6, 6.07) is 5.81. The maximum Gasteiger partial charge on any atom is 0.253 e. The van der Waals surface area contributed by atoms with E-state index in [9.17, 15) is 4.79 Å². The van der Waals surface area contributed by atoms with Gasteiger partial charge >= 0.3 is 0 Å². The van der Waals surface area contributed by atoms with Crippen molar-refractivity contribution in [1.29, 1.82) is 0 Å². The smallest absolute Gasteiger partial charge is 0.253 e. The fourth-order valence-electron chi connectivity index (χ4n) is 3.59. The quantitative estimate of drug-likeness (QED) is 0.865. The molecular formula is C16H21ClN2O. The van der Waals surface area contributed by atoms with E-state index in [4.69, 9.17) is 17.3 Å². The summed E-state index contributed by atoms with van der Waals surface area (Å²) >= 11 is 6.12. The molecule has 1 saturated carbocycles. The van der Waals surface area contributed by atoms with E-state index >= 15 is 0 Å². The summed E-state index contributed by atoms with van der Waals surface area (Å²) in [5, 5.41) is 0.657. The molecule has 3 atom stereocenters. The van der Waals surface area contributed by atoms with Crippen LogP contribution in [0, 0.1) is 18.8 Å². The maximum atomic E-state index is 12.6. The Bertz CT molecular complexity index is 531. The molecule has 0 bridgehead atoms. The highest BCUT2D eigenvalue weighted by atomic mass is 35.5. The van der Waals surface area contributed by atoms with Gasteiger partial charge in [-0.15, -0.1) is 0 Å². The molecule has 20 heavy (non-hydrogen) atoms. The second-order valence-electron chi connectivity index (χ2n) is 6.19. The van der Waals surface area contributed by atoms with Crippen LogP contribution >= 0.6 is 11.6 Å². The average Bonchev–Trinajstić information content (AvgIpc) is 2.86. The van der Waals surface area contributed by atoms with Crippen molar-refractivity contribution in [2.45, 2.75) is 32.2 Å². The van der Waals surface area contributed by atoms with Crippen molar-refractivity contribution >= 4 is 17.5 Å². The highest BCUT2D eigenvalue weighted by Crippen LogP contribution is 2.36. The van der Waals surface area contributed by atoms with Gasteiger partial charge in [-0.05, 0) is 49.3 Å². The average molecular weight is 293 g/mol. The number of benzene rings is 1. The number of amides is 1. The van der Waals surface area contributed by atoms with E-state index < -0.39 is 0 Å². The van der Waals surface area contributed by atoms with Crippen LogP contribution in [0.5, 0.6) is 0 Å². The molecule has 0 aromatic heterocycles. The third kappa shape index (κ3) is 2.45. The minimum Gasteiger partial charge on any atom is -0.338 e. The number of hydrogen-bond donors (Lipinski definition) is 1. The van der Waals surface area contributed by atoms with Gasteiger partial charge in [-0.25, -0.2) is 0 Å². The zero-order chi connectivity index (χ0) is 14.3. The second-order valence-corrected chi connectivity index (χ2v) is 6.60. The summed E-state index contributed by atoms with van der Waals surface area (Å²) in [6.07, 6.45) is 3.50. The van der Waals surface area contributed by atoms with Crippen molar-refractivity contribution in [3.05, 3.63) is 34.3 Å². The van der Waals surface area contributed by atoms with E-state index in [-0.39, 0.29) is 11.9 Å². The Hall–Kier alpha value is -1.06. The lowest BCUT2D eigenvalue weighted by atomic mass is 9.78. The number of fused-ring (bicyclic) bond motifs is 1. The number of aryl methyl sites for hydroxylation is 1. The van der Waals surface area contributed by atoms with E-state index in [1.165, 1.54) is 12.8 Å². The van der Waals surface area contributed by atoms with Gasteiger partial charge in [-0.1, -0.05) is 24.1 Å². The Kier molecular flexibility index (Phi) is 3.74. The van der Waals surface area contributed by atoms with Crippen molar-refractivity contribution in [3.63, 3.8) is 0 Å². The summed E-state index contributed by atoms with van der Waals surface area (Å²) in [5.41, 5.74) is 7.89. The lowest BCUT2D eigenvalue weighted by molar-refractivity contribution is 0.0783. The van der Waals surface area contributed by atoms with Crippen molar-refractivity contribution in [3.8, 4) is 0 Å². The molecule has 3 unspecified atom stereocenters. The third-order valence-electron chi connectivity index (χ3n) is 4.86. The molecule has 4 heteroatoms. The molecule has 2 fully saturated rings. The molecule has 1 aliphatic heterocycles. The summed E-state index contributed by atoms with van der Waals surface area (Å²) in [6.45, 7) is 3.60. The van der Waals surface area contributed by atoms with Gasteiger partial charge in [-0.2, -0.15) is 0 Å². The fraction of sp³-hybridized carbons (Fsp3) is 0.562. The summed E-state index contributed by atoms with van der Waals surface area (Å²) in [7, 11) is 0. The zero-order valence-corrected chi connectivity index (χ0v) is 12.6. The Morgan fingerprint density at radius 3 is 2.85 bits per heavy atom. The number of rotatable bonds is 1. The van der Waals surface area contributed by atoms with Crippen LogP contribution < -0.4 is 5.73 Å². The van der Waals surface area contributed by atoms with Gasteiger partial charge < -0.3 is 10.6 Å². The molecule has 2 aliphatic rings. The van der Waals surface area contributed by atoms with Crippen LogP contribution in [0.2, 0.25) is 5.02 Å². The van der Waals surface area contributed by atoms with Gasteiger partial charge in [0.25, 0.3) is 5.91 Å². The molecular weight excluding hydrogens is 272 g/mol. The van der Waals surface area contributed by atoms with E-state index in [1.807, 2.05) is 24.0 Å². The summed E-state index contributed by atoms with van der Waals surface area (Å²) in [4.78, 5) is 14.5. The molecule has 1 aliphatic carbocycles. The van der Waals surface area contributed by atoms with Crippen molar-refractivity contribution in [2.24, 2.45) is 17.6 Å². The molecule has 1 amide bonds. The SMILES string of the molecule is Cc1ccc(C(=O)N2CC3CCCC(N)C3C2)cc1Cl. The number of carbonyl (C=O) groups excluding carboxylic acids is 1. The number of carbonyl (C=O) groups is 1. The predicted octanol–water partition coefficient (Wildman–Crippen LogP) is 2.85. The first-order chi connectivity index (χ1) is 9.56. The monoisotopic (exact) mass is 292 g/mol. The molecule has 0 radical (unpaired) electrons. The van der Waals surface area contributed by atoms with Crippen LogP contribution in [-0.2, 0) is 0 Å². The van der Waals surface area contributed by atoms with Gasteiger partial charge in [-0.3, -0.25) is 4.79 Å². The van der Waals surface area contributed by atoms with E-state index in [0.29, 0.717) is 22.4 Å². The number of nitrogens with two attached hydrogens (primary N) is 1. The minimum absolute atomic E-state index is 0.0912. The van der Waals surface area contributed by atoms with E-state index in [2.05, 4.69) is 0 Å². The molecule has 3 nitrogen and oxygen atoms in total. The third-order valence-corrected chi connectivity index (χ3v) is 5.27. The largest absolute Gasteiger partial charge is 0.338 e. The van der Waals surface area contributed by atoms with Gasteiger partial charge in [0.15, 0.2) is 0 Å². The maximum absolute atomic E-state index is 12.6. The zero-order valence-electron chi connectivity index (χ0n) is 11.8. The lowest BCUT2D eigenvalue weighted by Gasteiger charge is -2.29. The molecule has 3 rings (SSSR count). The van der Waals surface area contributed by atoms with Crippen LogP contribution in [0.1, 0.15) is 35.2 Å². The van der Waals surface area contributed by atoms with Gasteiger partial charge in [0.2, 0.25) is 0 Å². The van der Waals surface area contributed by atoms with E-state index in [1.54, 1.807) is 6.07 Å². The molecule has 2 N–H and O–H groups in total. The van der Waals surface area contributed by atoms with Crippen LogP contribution in [0.4, 0.5) is 0 Å². The Balaban J connectivity index is 1.76. The highest BCUT2D eigenvalue weighted by Gasteiger charge is 2.40. The first-order valence-corrected chi connectivity index (χ1v) is 7.75. The predicted molar refractivity (Wildman–Crippen MR) is 80.9 cm³/mol. The normalized spacial score (nSPS) is 29.4. The van der Waals surface area contributed by atoms with E-state index in [0.717, 1.165) is 25.1 Å². The lowest BCUT2D eigenvalue weighted by Crippen LogP contribution is -2.38. The first kappa shape index (κ1) is 13.9. The Morgan fingerprint density at radius 2 is 2.15 bits per heavy atom. The fourth-order valence-corrected chi connectivity index (χ4v) is 3.77. The number of likely N-dealkylation sites (tertiary alicyclic amines) is 1. The van der Waals surface area contributed by atoms with Crippen LogP contribution in [-0.4, -0.2) is 29.9 Å². The molecule has 1 saturated heterocycles. The molecule has 108 valence electrons. The Morgan fingerprint density at radius 1 is 1.35 bits per heavy atom. The number of nitrogens with zero attached hydrogens (tertiary/aromatic N) is 1. The summed E-state index contributed by atoms with van der Waals surface area (Å²) in [5.74, 6) is 1.16. The summed E-state index contributed by atoms with van der Waals surface area (Å²) < 4.78 is 0. The minimum atomic E-state index is 0.0912. The van der Waals surface area contributed by atoms with Crippen molar-refractivity contribution in [2.75, 3.05) is 13.1 Å². The van der Waals surface area contributed by atoms with Crippen LogP contribution in [0.15, 0.2) is 18.2 Å². The molecule has 1 aromatic rings. The molecule has 0 spiro atoms. The van der Waals surface area contributed by atoms with Gasteiger partial charge in [0.05, 0.1) is 0 Å². The van der Waals surface area contributed by atoms with Gasteiger partial charge in [0.1, 0.15) is 0 Å². The highest BCUT2D eigenvalue weighted by molar-refractivity contribution is 6.31. The van der Waals surface area contributed by atoms with Crippen LogP contribution in [0.25, 0.3) is 0 Å². The molecule has 1 aromatic carbocycles. The molecule has 1 heterocycles. The Labute approximate surface area is 125 Å². The standard InChI is InChI=1S/C16H21ClN2O/c1-10-5-6-11(7-14(10)17)16(20)19-8-12-3-2-4-15(18)13(12)9-19/h5-7,12-13,15H,2-4,8-9,18H2,1H3. The van der Waals surface area contributed by atoms with Crippen molar-refractivity contribution in [1.82, 2.24) is 4.90 Å².